The molecule has 1 aromatic heterocycles. The van der Waals surface area contributed by atoms with E-state index in [0.29, 0.717) is 12.4 Å². The molecule has 0 radical (unpaired) electrons. The third-order valence-electron chi connectivity index (χ3n) is 3.28. The van der Waals surface area contributed by atoms with Crippen LogP contribution < -0.4 is 0 Å². The summed E-state index contributed by atoms with van der Waals surface area (Å²) in [6, 6.07) is 1.78. The SMILES string of the molecule is COC(=O)C1CCC(OCc2ncccn2)CC1. The van der Waals surface area contributed by atoms with Crippen LogP contribution in [0.1, 0.15) is 31.5 Å². The molecule has 0 aromatic carbocycles. The van der Waals surface area contributed by atoms with Crippen LogP contribution in [0.4, 0.5) is 0 Å². The van der Waals surface area contributed by atoms with Gasteiger partial charge in [0.1, 0.15) is 6.61 Å². The van der Waals surface area contributed by atoms with Crippen LogP contribution in [-0.2, 0) is 20.9 Å². The van der Waals surface area contributed by atoms with E-state index >= 15 is 0 Å². The molecule has 1 heterocycles. The highest BCUT2D eigenvalue weighted by Gasteiger charge is 2.27. The second-order valence-corrected chi connectivity index (χ2v) is 4.47. The molecule has 0 atom stereocenters. The Labute approximate surface area is 107 Å². The minimum Gasteiger partial charge on any atom is -0.469 e. The Hall–Kier alpha value is -1.49. The van der Waals surface area contributed by atoms with Crippen LogP contribution in [0.2, 0.25) is 0 Å². The average molecular weight is 250 g/mol. The molecule has 0 spiro atoms. The molecule has 0 unspecified atom stereocenters. The summed E-state index contributed by atoms with van der Waals surface area (Å²) in [5, 5.41) is 0. The fourth-order valence-electron chi connectivity index (χ4n) is 2.23. The first-order valence-electron chi connectivity index (χ1n) is 6.25. The predicted molar refractivity (Wildman–Crippen MR) is 64.6 cm³/mol. The molecule has 0 saturated heterocycles. The number of methoxy groups -OCH3 is 1. The molecular weight excluding hydrogens is 232 g/mol. The number of ether oxygens (including phenoxy) is 2. The number of carbonyl (C=O) groups is 1. The summed E-state index contributed by atoms with van der Waals surface area (Å²) in [5.41, 5.74) is 0. The molecule has 1 fully saturated rings. The van der Waals surface area contributed by atoms with Crippen molar-refractivity contribution < 1.29 is 14.3 Å². The highest BCUT2D eigenvalue weighted by atomic mass is 16.5. The first kappa shape index (κ1) is 13.0. The summed E-state index contributed by atoms with van der Waals surface area (Å²) in [7, 11) is 1.44. The monoisotopic (exact) mass is 250 g/mol. The first-order chi connectivity index (χ1) is 8.79. The lowest BCUT2D eigenvalue weighted by Crippen LogP contribution is -2.27. The van der Waals surface area contributed by atoms with E-state index in [4.69, 9.17) is 9.47 Å². The Bertz CT molecular complexity index is 375. The van der Waals surface area contributed by atoms with E-state index in [-0.39, 0.29) is 18.0 Å². The maximum absolute atomic E-state index is 11.4. The lowest BCUT2D eigenvalue weighted by molar-refractivity contribution is -0.147. The van der Waals surface area contributed by atoms with Crippen molar-refractivity contribution in [2.24, 2.45) is 5.92 Å². The molecule has 1 saturated carbocycles. The van der Waals surface area contributed by atoms with Crippen molar-refractivity contribution in [1.29, 1.82) is 0 Å². The predicted octanol–water partition coefficient (Wildman–Crippen LogP) is 1.72. The fourth-order valence-corrected chi connectivity index (χ4v) is 2.23. The third-order valence-corrected chi connectivity index (χ3v) is 3.28. The Kier molecular flexibility index (Phi) is 4.64. The van der Waals surface area contributed by atoms with E-state index < -0.39 is 0 Å². The van der Waals surface area contributed by atoms with E-state index in [1.807, 2.05) is 0 Å². The zero-order valence-electron chi connectivity index (χ0n) is 10.5. The van der Waals surface area contributed by atoms with Gasteiger partial charge in [0.15, 0.2) is 5.82 Å². The van der Waals surface area contributed by atoms with Crippen molar-refractivity contribution in [2.75, 3.05) is 7.11 Å². The van der Waals surface area contributed by atoms with Gasteiger partial charge in [-0.15, -0.1) is 0 Å². The number of carbonyl (C=O) groups excluding carboxylic acids is 1. The van der Waals surface area contributed by atoms with Crippen LogP contribution in [0.5, 0.6) is 0 Å². The van der Waals surface area contributed by atoms with E-state index in [2.05, 4.69) is 9.97 Å². The molecule has 0 bridgehead atoms. The molecule has 98 valence electrons. The van der Waals surface area contributed by atoms with Gasteiger partial charge in [-0.05, 0) is 31.7 Å². The van der Waals surface area contributed by atoms with Crippen molar-refractivity contribution in [2.45, 2.75) is 38.4 Å². The molecular formula is C13H18N2O3. The molecule has 1 aromatic rings. The smallest absolute Gasteiger partial charge is 0.308 e. The maximum atomic E-state index is 11.4. The fraction of sp³-hybridized carbons (Fsp3) is 0.615. The van der Waals surface area contributed by atoms with Crippen molar-refractivity contribution in [3.63, 3.8) is 0 Å². The summed E-state index contributed by atoms with van der Waals surface area (Å²) >= 11 is 0. The van der Waals surface area contributed by atoms with Crippen LogP contribution in [0.15, 0.2) is 18.5 Å². The number of hydrogen-bond donors (Lipinski definition) is 0. The van der Waals surface area contributed by atoms with Crippen LogP contribution in [-0.4, -0.2) is 29.2 Å². The topological polar surface area (TPSA) is 61.3 Å². The molecule has 0 aliphatic heterocycles. The number of nitrogens with zero attached hydrogens (tertiary/aromatic N) is 2. The van der Waals surface area contributed by atoms with Gasteiger partial charge in [-0.1, -0.05) is 0 Å². The summed E-state index contributed by atoms with van der Waals surface area (Å²) < 4.78 is 10.5. The van der Waals surface area contributed by atoms with E-state index in [1.54, 1.807) is 18.5 Å². The molecule has 2 rings (SSSR count). The van der Waals surface area contributed by atoms with Gasteiger partial charge in [0.25, 0.3) is 0 Å². The van der Waals surface area contributed by atoms with Gasteiger partial charge in [-0.2, -0.15) is 0 Å². The largest absolute Gasteiger partial charge is 0.469 e. The van der Waals surface area contributed by atoms with Crippen LogP contribution in [0.3, 0.4) is 0 Å². The Morgan fingerprint density at radius 3 is 2.56 bits per heavy atom. The Morgan fingerprint density at radius 1 is 1.28 bits per heavy atom. The second kappa shape index (κ2) is 6.44. The molecule has 1 aliphatic carbocycles. The minimum atomic E-state index is -0.0974. The summed E-state index contributed by atoms with van der Waals surface area (Å²) in [6.07, 6.45) is 7.09. The number of aromatic nitrogens is 2. The summed E-state index contributed by atoms with van der Waals surface area (Å²) in [6.45, 7) is 0.439. The Morgan fingerprint density at radius 2 is 1.94 bits per heavy atom. The van der Waals surface area contributed by atoms with Crippen LogP contribution in [0.25, 0.3) is 0 Å². The molecule has 0 amide bonds. The van der Waals surface area contributed by atoms with Crippen LogP contribution >= 0.6 is 0 Å². The number of hydrogen-bond acceptors (Lipinski definition) is 5. The van der Waals surface area contributed by atoms with Crippen molar-refractivity contribution in [3.05, 3.63) is 24.3 Å². The van der Waals surface area contributed by atoms with Crippen molar-refractivity contribution in [3.8, 4) is 0 Å². The molecule has 0 N–H and O–H groups in total. The zero-order valence-corrected chi connectivity index (χ0v) is 10.5. The highest BCUT2D eigenvalue weighted by molar-refractivity contribution is 5.72. The lowest BCUT2D eigenvalue weighted by atomic mass is 9.87. The summed E-state index contributed by atoms with van der Waals surface area (Å²) in [4.78, 5) is 19.6. The van der Waals surface area contributed by atoms with E-state index in [9.17, 15) is 4.79 Å². The standard InChI is InChI=1S/C13H18N2O3/c1-17-13(16)10-3-5-11(6-4-10)18-9-12-14-7-2-8-15-12/h2,7-8,10-11H,3-6,9H2,1H3. The lowest BCUT2D eigenvalue weighted by Gasteiger charge is -2.26. The minimum absolute atomic E-state index is 0.0443. The number of rotatable bonds is 4. The molecule has 5 heteroatoms. The molecule has 5 nitrogen and oxygen atoms in total. The van der Waals surface area contributed by atoms with Crippen LogP contribution in [0, 0.1) is 5.92 Å². The van der Waals surface area contributed by atoms with Gasteiger partial charge < -0.3 is 9.47 Å². The van der Waals surface area contributed by atoms with E-state index in [0.717, 1.165) is 25.7 Å². The number of esters is 1. The van der Waals surface area contributed by atoms with E-state index in [1.165, 1.54) is 7.11 Å². The average Bonchev–Trinajstić information content (AvgIpc) is 2.46. The maximum Gasteiger partial charge on any atom is 0.308 e. The van der Waals surface area contributed by atoms with Gasteiger partial charge in [-0.3, -0.25) is 4.79 Å². The Balaban J connectivity index is 1.72. The third kappa shape index (κ3) is 3.50. The van der Waals surface area contributed by atoms with Gasteiger partial charge in [0, 0.05) is 12.4 Å². The highest BCUT2D eigenvalue weighted by Crippen LogP contribution is 2.27. The summed E-state index contributed by atoms with van der Waals surface area (Å²) in [5.74, 6) is 0.648. The van der Waals surface area contributed by atoms with Gasteiger partial charge >= 0.3 is 5.97 Å². The second-order valence-electron chi connectivity index (χ2n) is 4.47. The van der Waals surface area contributed by atoms with Gasteiger partial charge in [0.05, 0.1) is 19.1 Å². The van der Waals surface area contributed by atoms with Crippen molar-refractivity contribution in [1.82, 2.24) is 9.97 Å². The quantitative estimate of drug-likeness (QED) is 0.761. The van der Waals surface area contributed by atoms with Gasteiger partial charge in [-0.25, -0.2) is 9.97 Å². The van der Waals surface area contributed by atoms with Crippen molar-refractivity contribution >= 4 is 5.97 Å². The first-order valence-corrected chi connectivity index (χ1v) is 6.25. The molecule has 18 heavy (non-hydrogen) atoms. The normalized spacial score (nSPS) is 23.6. The zero-order chi connectivity index (χ0) is 12.8. The van der Waals surface area contributed by atoms with Gasteiger partial charge in [0.2, 0.25) is 0 Å². The molecule has 1 aliphatic rings.